The molecule has 0 spiro atoms. The Morgan fingerprint density at radius 1 is 1.42 bits per heavy atom. The van der Waals surface area contributed by atoms with Gasteiger partial charge in [-0.05, 0) is 12.8 Å². The minimum absolute atomic E-state index is 0.0150. The topological polar surface area (TPSA) is 76.4 Å². The molecule has 0 atom stereocenters. The number of aliphatic imine (C=N–C) groups is 1. The molecule has 0 aromatic carbocycles. The van der Waals surface area contributed by atoms with Crippen LogP contribution in [0.2, 0.25) is 0 Å². The highest BCUT2D eigenvalue weighted by Crippen LogP contribution is 2.52. The van der Waals surface area contributed by atoms with Gasteiger partial charge in [-0.15, -0.1) is 0 Å². The lowest BCUT2D eigenvalue weighted by Gasteiger charge is -2.14. The lowest BCUT2D eigenvalue weighted by Crippen LogP contribution is -2.41. The first-order valence-electron chi connectivity index (χ1n) is 3.30. The fourth-order valence-electron chi connectivity index (χ4n) is 0.840. The molecule has 1 rings (SSSR count). The first-order valence-corrected chi connectivity index (χ1v) is 3.30. The number of nitrogens with zero attached hydrogens (tertiary/aromatic N) is 1. The highest BCUT2D eigenvalue weighted by molar-refractivity contribution is 5.78. The number of halogens is 3. The Morgan fingerprint density at radius 2 is 1.92 bits per heavy atom. The summed E-state index contributed by atoms with van der Waals surface area (Å²) in [6, 6.07) is 0. The predicted octanol–water partition coefficient (Wildman–Crippen LogP) is -0.141. The van der Waals surface area contributed by atoms with E-state index >= 15 is 0 Å². The van der Waals surface area contributed by atoms with Crippen molar-refractivity contribution in [2.45, 2.75) is 24.6 Å². The summed E-state index contributed by atoms with van der Waals surface area (Å²) in [5.74, 6) is 4.39. The Labute approximate surface area is 66.8 Å². The third-order valence-electron chi connectivity index (χ3n) is 1.73. The van der Waals surface area contributed by atoms with Crippen molar-refractivity contribution in [1.82, 2.24) is 5.43 Å². The summed E-state index contributed by atoms with van der Waals surface area (Å²) >= 11 is 0. The molecule has 0 aromatic heterocycles. The van der Waals surface area contributed by atoms with Gasteiger partial charge in [0.1, 0.15) is 0 Å². The van der Waals surface area contributed by atoms with E-state index in [0.29, 0.717) is 0 Å². The molecule has 1 aliphatic rings. The van der Waals surface area contributed by atoms with Gasteiger partial charge in [0.05, 0.1) is 0 Å². The number of hydrogen-bond donors (Lipinski definition) is 3. The van der Waals surface area contributed by atoms with Crippen molar-refractivity contribution in [3.8, 4) is 0 Å². The van der Waals surface area contributed by atoms with E-state index in [1.165, 1.54) is 0 Å². The van der Waals surface area contributed by atoms with E-state index in [-0.39, 0.29) is 18.8 Å². The highest BCUT2D eigenvalue weighted by Gasteiger charge is 2.64. The molecule has 1 saturated carbocycles. The molecule has 1 fully saturated rings. The molecule has 12 heavy (non-hydrogen) atoms. The van der Waals surface area contributed by atoms with Crippen molar-refractivity contribution in [3.63, 3.8) is 0 Å². The summed E-state index contributed by atoms with van der Waals surface area (Å²) in [7, 11) is 0. The molecule has 0 unspecified atom stereocenters. The number of guanidine groups is 1. The van der Waals surface area contributed by atoms with Crippen LogP contribution in [-0.4, -0.2) is 17.7 Å². The molecule has 1 aliphatic carbocycles. The van der Waals surface area contributed by atoms with Gasteiger partial charge >= 0.3 is 6.18 Å². The highest BCUT2D eigenvalue weighted by atomic mass is 19.4. The maximum absolute atomic E-state index is 12.2. The molecule has 0 radical (unpaired) electrons. The smallest absolute Gasteiger partial charge is 0.369 e. The standard InChI is InChI=1S/C5H9F3N4/c6-5(7,8)4(1-2-4)11-3(9)12-10/h1-2,10H2,(H3,9,11,12). The van der Waals surface area contributed by atoms with E-state index in [9.17, 15) is 13.2 Å². The number of hydrogen-bond acceptors (Lipinski definition) is 2. The van der Waals surface area contributed by atoms with Crippen LogP contribution in [0.5, 0.6) is 0 Å². The van der Waals surface area contributed by atoms with E-state index in [1.54, 1.807) is 0 Å². The van der Waals surface area contributed by atoms with Crippen molar-refractivity contribution < 1.29 is 13.2 Å². The summed E-state index contributed by atoms with van der Waals surface area (Å²) < 4.78 is 36.5. The largest absolute Gasteiger partial charge is 0.413 e. The summed E-state index contributed by atoms with van der Waals surface area (Å²) in [5.41, 5.74) is 4.90. The Hall–Kier alpha value is -0.980. The van der Waals surface area contributed by atoms with Crippen LogP contribution in [0.4, 0.5) is 13.2 Å². The van der Waals surface area contributed by atoms with Crippen LogP contribution >= 0.6 is 0 Å². The first kappa shape index (κ1) is 9.11. The third-order valence-corrected chi connectivity index (χ3v) is 1.73. The Kier molecular flexibility index (Phi) is 1.91. The number of nitrogens with one attached hydrogen (secondary N) is 1. The molecular weight excluding hydrogens is 173 g/mol. The molecule has 0 heterocycles. The number of alkyl halides is 3. The van der Waals surface area contributed by atoms with E-state index in [1.807, 2.05) is 5.43 Å². The van der Waals surface area contributed by atoms with Gasteiger partial charge in [-0.1, -0.05) is 0 Å². The monoisotopic (exact) mass is 182 g/mol. The summed E-state index contributed by atoms with van der Waals surface area (Å²) in [5, 5.41) is 0. The van der Waals surface area contributed by atoms with Crippen molar-refractivity contribution in [1.29, 1.82) is 0 Å². The molecule has 4 nitrogen and oxygen atoms in total. The van der Waals surface area contributed by atoms with E-state index in [2.05, 4.69) is 4.99 Å². The minimum atomic E-state index is -4.32. The number of hydrazine groups is 1. The SMILES string of the molecule is NNC(N)=NC1(C(F)(F)F)CC1. The molecule has 0 bridgehead atoms. The third kappa shape index (κ3) is 1.45. The zero-order valence-electron chi connectivity index (χ0n) is 6.15. The molecule has 0 saturated heterocycles. The fourth-order valence-corrected chi connectivity index (χ4v) is 0.840. The van der Waals surface area contributed by atoms with Crippen LogP contribution in [0.3, 0.4) is 0 Å². The zero-order valence-corrected chi connectivity index (χ0v) is 6.15. The second-order valence-electron chi connectivity index (χ2n) is 2.67. The maximum Gasteiger partial charge on any atom is 0.413 e. The van der Waals surface area contributed by atoms with Crippen LogP contribution in [0.25, 0.3) is 0 Å². The van der Waals surface area contributed by atoms with E-state index in [4.69, 9.17) is 11.6 Å². The Balaban J connectivity index is 2.75. The molecule has 0 amide bonds. The van der Waals surface area contributed by atoms with Gasteiger partial charge in [-0.25, -0.2) is 10.8 Å². The van der Waals surface area contributed by atoms with Gasteiger partial charge in [0.2, 0.25) is 5.96 Å². The van der Waals surface area contributed by atoms with Gasteiger partial charge < -0.3 is 5.73 Å². The van der Waals surface area contributed by atoms with Crippen molar-refractivity contribution in [2.24, 2.45) is 16.6 Å². The number of nitrogens with two attached hydrogens (primary N) is 2. The van der Waals surface area contributed by atoms with E-state index < -0.39 is 11.7 Å². The lowest BCUT2D eigenvalue weighted by atomic mass is 10.3. The summed E-state index contributed by atoms with van der Waals surface area (Å²) in [6.45, 7) is 0. The average Bonchev–Trinajstić information content (AvgIpc) is 2.67. The Morgan fingerprint density at radius 3 is 2.17 bits per heavy atom. The van der Waals surface area contributed by atoms with Gasteiger partial charge in [0, 0.05) is 0 Å². The van der Waals surface area contributed by atoms with Crippen LogP contribution in [0, 0.1) is 0 Å². The van der Waals surface area contributed by atoms with Crippen LogP contribution in [-0.2, 0) is 0 Å². The average molecular weight is 182 g/mol. The van der Waals surface area contributed by atoms with Gasteiger partial charge in [0.15, 0.2) is 5.54 Å². The van der Waals surface area contributed by atoms with Gasteiger partial charge in [-0.3, -0.25) is 5.43 Å². The second-order valence-corrected chi connectivity index (χ2v) is 2.67. The summed E-state index contributed by atoms with van der Waals surface area (Å²) in [6.07, 6.45) is -4.35. The zero-order chi connectivity index (χ0) is 9.41. The molecule has 5 N–H and O–H groups in total. The van der Waals surface area contributed by atoms with Crippen molar-refractivity contribution in [3.05, 3.63) is 0 Å². The maximum atomic E-state index is 12.2. The minimum Gasteiger partial charge on any atom is -0.369 e. The second kappa shape index (κ2) is 2.51. The molecule has 7 heteroatoms. The van der Waals surface area contributed by atoms with Crippen LogP contribution in [0.1, 0.15) is 12.8 Å². The van der Waals surface area contributed by atoms with Crippen molar-refractivity contribution in [2.75, 3.05) is 0 Å². The van der Waals surface area contributed by atoms with Gasteiger partial charge in [0.25, 0.3) is 0 Å². The predicted molar refractivity (Wildman–Crippen MR) is 37.0 cm³/mol. The van der Waals surface area contributed by atoms with Gasteiger partial charge in [-0.2, -0.15) is 13.2 Å². The molecule has 0 aromatic rings. The quantitative estimate of drug-likeness (QED) is 0.228. The fraction of sp³-hybridized carbons (Fsp3) is 0.800. The Bertz CT molecular complexity index is 205. The van der Waals surface area contributed by atoms with Crippen LogP contribution in [0.15, 0.2) is 4.99 Å². The lowest BCUT2D eigenvalue weighted by molar-refractivity contribution is -0.155. The van der Waals surface area contributed by atoms with E-state index in [0.717, 1.165) is 0 Å². The summed E-state index contributed by atoms with van der Waals surface area (Å²) in [4.78, 5) is 3.24. The first-order chi connectivity index (χ1) is 5.41. The van der Waals surface area contributed by atoms with Crippen molar-refractivity contribution >= 4 is 5.96 Å². The normalized spacial score (nSPS) is 22.2. The number of rotatable bonds is 1. The molecule has 70 valence electrons. The van der Waals surface area contributed by atoms with Crippen LogP contribution < -0.4 is 17.0 Å². The molecular formula is C5H9F3N4. The molecule has 0 aliphatic heterocycles.